The summed E-state index contributed by atoms with van der Waals surface area (Å²) in [6.07, 6.45) is -2.73. The van der Waals surface area contributed by atoms with Gasteiger partial charge in [-0.3, -0.25) is 0 Å². The van der Waals surface area contributed by atoms with Gasteiger partial charge >= 0.3 is 6.18 Å². The van der Waals surface area contributed by atoms with Crippen LogP contribution in [0.25, 0.3) is 0 Å². The highest BCUT2D eigenvalue weighted by molar-refractivity contribution is 4.98. The topological polar surface area (TPSA) is 23.5 Å². The zero-order chi connectivity index (χ0) is 8.48. The van der Waals surface area contributed by atoms with Gasteiger partial charge in [0.05, 0.1) is 0 Å². The van der Waals surface area contributed by atoms with Gasteiger partial charge in [-0.25, -0.2) is 0 Å². The van der Waals surface area contributed by atoms with Gasteiger partial charge in [-0.2, -0.15) is 13.2 Å². The summed E-state index contributed by atoms with van der Waals surface area (Å²) in [5, 5.41) is 8.75. The van der Waals surface area contributed by atoms with Crippen LogP contribution < -0.4 is 0 Å². The SMILES string of the molecule is OC1=CN(CC(F)(F)F)CC1. The third kappa shape index (κ3) is 2.69. The minimum absolute atomic E-state index is 0.0225. The van der Waals surface area contributed by atoms with Gasteiger partial charge < -0.3 is 10.0 Å². The third-order valence-electron chi connectivity index (χ3n) is 1.37. The van der Waals surface area contributed by atoms with E-state index in [1.165, 1.54) is 0 Å². The van der Waals surface area contributed by atoms with Crippen molar-refractivity contribution in [2.75, 3.05) is 13.1 Å². The molecule has 5 heteroatoms. The van der Waals surface area contributed by atoms with Gasteiger partial charge in [-0.1, -0.05) is 0 Å². The molecule has 0 fully saturated rings. The number of aliphatic hydroxyl groups is 1. The number of aliphatic hydroxyl groups excluding tert-OH is 1. The molecule has 1 aliphatic rings. The van der Waals surface area contributed by atoms with Gasteiger partial charge in [-0.05, 0) is 0 Å². The van der Waals surface area contributed by atoms with Gasteiger partial charge in [0.25, 0.3) is 0 Å². The van der Waals surface area contributed by atoms with E-state index in [2.05, 4.69) is 0 Å². The zero-order valence-electron chi connectivity index (χ0n) is 5.73. The van der Waals surface area contributed by atoms with E-state index in [0.29, 0.717) is 6.42 Å². The van der Waals surface area contributed by atoms with Crippen LogP contribution in [0.3, 0.4) is 0 Å². The molecule has 64 valence electrons. The molecular weight excluding hydrogens is 159 g/mol. The van der Waals surface area contributed by atoms with Crippen LogP contribution in [0.2, 0.25) is 0 Å². The Kier molecular flexibility index (Phi) is 1.97. The van der Waals surface area contributed by atoms with E-state index in [1.54, 1.807) is 0 Å². The lowest BCUT2D eigenvalue weighted by atomic mass is 10.4. The first kappa shape index (κ1) is 8.23. The number of nitrogens with zero attached hydrogens (tertiary/aromatic N) is 1. The second-order valence-electron chi connectivity index (χ2n) is 2.46. The van der Waals surface area contributed by atoms with Crippen molar-refractivity contribution < 1.29 is 18.3 Å². The second-order valence-corrected chi connectivity index (χ2v) is 2.46. The Balaban J connectivity index is 2.40. The summed E-state index contributed by atoms with van der Waals surface area (Å²) in [6, 6.07) is 0. The Morgan fingerprint density at radius 1 is 1.55 bits per heavy atom. The van der Waals surface area contributed by atoms with E-state index in [9.17, 15) is 13.2 Å². The average Bonchev–Trinajstić information content (AvgIpc) is 2.10. The molecule has 1 aliphatic heterocycles. The molecule has 2 nitrogen and oxygen atoms in total. The molecule has 1 heterocycles. The highest BCUT2D eigenvalue weighted by atomic mass is 19.4. The van der Waals surface area contributed by atoms with Crippen molar-refractivity contribution in [2.45, 2.75) is 12.6 Å². The van der Waals surface area contributed by atoms with Gasteiger partial charge in [0.1, 0.15) is 12.3 Å². The van der Waals surface area contributed by atoms with Crippen molar-refractivity contribution in [1.82, 2.24) is 4.90 Å². The molecule has 0 saturated heterocycles. The van der Waals surface area contributed by atoms with E-state index in [1.807, 2.05) is 0 Å². The molecule has 0 radical (unpaired) electrons. The molecule has 0 aromatic heterocycles. The first-order valence-corrected chi connectivity index (χ1v) is 3.18. The molecule has 1 N–H and O–H groups in total. The number of rotatable bonds is 1. The molecule has 0 amide bonds. The van der Waals surface area contributed by atoms with Crippen molar-refractivity contribution in [2.24, 2.45) is 0 Å². The fraction of sp³-hybridized carbons (Fsp3) is 0.667. The highest BCUT2D eigenvalue weighted by Crippen LogP contribution is 2.20. The van der Waals surface area contributed by atoms with Crippen molar-refractivity contribution in [3.63, 3.8) is 0 Å². The van der Waals surface area contributed by atoms with E-state index in [4.69, 9.17) is 5.11 Å². The van der Waals surface area contributed by atoms with E-state index in [0.717, 1.165) is 11.1 Å². The largest absolute Gasteiger partial charge is 0.511 e. The number of hydrogen-bond donors (Lipinski definition) is 1. The first-order chi connectivity index (χ1) is 4.97. The van der Waals surface area contributed by atoms with Gasteiger partial charge in [-0.15, -0.1) is 0 Å². The van der Waals surface area contributed by atoms with E-state index >= 15 is 0 Å². The maximum atomic E-state index is 11.7. The van der Waals surface area contributed by atoms with Crippen molar-refractivity contribution in [3.8, 4) is 0 Å². The Hall–Kier alpha value is -0.870. The number of hydrogen-bond acceptors (Lipinski definition) is 2. The number of alkyl halides is 3. The van der Waals surface area contributed by atoms with E-state index in [-0.39, 0.29) is 12.3 Å². The number of halogens is 3. The third-order valence-corrected chi connectivity index (χ3v) is 1.37. The Labute approximate surface area is 61.9 Å². The van der Waals surface area contributed by atoms with Crippen molar-refractivity contribution in [1.29, 1.82) is 0 Å². The minimum Gasteiger partial charge on any atom is -0.511 e. The standard InChI is InChI=1S/C6H8F3NO/c7-6(8,9)4-10-2-1-5(11)3-10/h3,11H,1-2,4H2. The molecule has 0 aliphatic carbocycles. The first-order valence-electron chi connectivity index (χ1n) is 3.18. The molecule has 0 bridgehead atoms. The zero-order valence-corrected chi connectivity index (χ0v) is 5.73. The lowest BCUT2D eigenvalue weighted by molar-refractivity contribution is -0.139. The lowest BCUT2D eigenvalue weighted by Crippen LogP contribution is -2.28. The molecule has 0 aromatic rings. The van der Waals surface area contributed by atoms with Crippen LogP contribution in [0.4, 0.5) is 13.2 Å². The maximum absolute atomic E-state index is 11.7. The Bertz CT molecular complexity index is 175. The molecule has 11 heavy (non-hydrogen) atoms. The summed E-state index contributed by atoms with van der Waals surface area (Å²) >= 11 is 0. The van der Waals surface area contributed by atoms with Crippen LogP contribution in [0.1, 0.15) is 6.42 Å². The molecule has 0 unspecified atom stereocenters. The van der Waals surface area contributed by atoms with Crippen LogP contribution >= 0.6 is 0 Å². The van der Waals surface area contributed by atoms with Crippen molar-refractivity contribution in [3.05, 3.63) is 12.0 Å². The predicted molar refractivity (Wildman–Crippen MR) is 33.0 cm³/mol. The lowest BCUT2D eigenvalue weighted by Gasteiger charge is -2.16. The quantitative estimate of drug-likeness (QED) is 0.641. The highest BCUT2D eigenvalue weighted by Gasteiger charge is 2.31. The molecular formula is C6H8F3NO. The summed E-state index contributed by atoms with van der Waals surface area (Å²) in [5.74, 6) is 0.0225. The van der Waals surface area contributed by atoms with Crippen molar-refractivity contribution >= 4 is 0 Å². The summed E-state index contributed by atoms with van der Waals surface area (Å²) in [6.45, 7) is -0.720. The molecule has 0 saturated carbocycles. The summed E-state index contributed by atoms with van der Waals surface area (Å²) in [7, 11) is 0. The summed E-state index contributed by atoms with van der Waals surface area (Å²) in [5.41, 5.74) is 0. The van der Waals surface area contributed by atoms with Gasteiger partial charge in [0, 0.05) is 19.2 Å². The minimum atomic E-state index is -4.18. The summed E-state index contributed by atoms with van der Waals surface area (Å²) < 4.78 is 35.0. The van der Waals surface area contributed by atoms with Gasteiger partial charge in [0.15, 0.2) is 0 Å². The van der Waals surface area contributed by atoms with Gasteiger partial charge in [0.2, 0.25) is 0 Å². The Morgan fingerprint density at radius 2 is 2.18 bits per heavy atom. The van der Waals surface area contributed by atoms with Crippen LogP contribution in [0.5, 0.6) is 0 Å². The smallest absolute Gasteiger partial charge is 0.405 e. The van der Waals surface area contributed by atoms with Crippen LogP contribution in [0.15, 0.2) is 12.0 Å². The summed E-state index contributed by atoms with van der Waals surface area (Å²) in [4.78, 5) is 1.05. The normalized spacial score (nSPS) is 18.8. The fourth-order valence-electron chi connectivity index (χ4n) is 0.953. The van der Waals surface area contributed by atoms with E-state index < -0.39 is 12.7 Å². The Morgan fingerprint density at radius 3 is 2.55 bits per heavy atom. The molecule has 0 spiro atoms. The second kappa shape index (κ2) is 2.64. The molecule has 1 rings (SSSR count). The maximum Gasteiger partial charge on any atom is 0.405 e. The van der Waals surface area contributed by atoms with Crippen LogP contribution in [0, 0.1) is 0 Å². The fourth-order valence-corrected chi connectivity index (χ4v) is 0.953. The molecule has 0 atom stereocenters. The monoisotopic (exact) mass is 167 g/mol. The predicted octanol–water partition coefficient (Wildman–Crippen LogP) is 1.65. The average molecular weight is 167 g/mol. The molecule has 0 aromatic carbocycles. The van der Waals surface area contributed by atoms with Crippen LogP contribution in [-0.4, -0.2) is 29.3 Å². The van der Waals surface area contributed by atoms with Crippen LogP contribution in [-0.2, 0) is 0 Å².